The molecule has 1 aromatic heterocycles. The monoisotopic (exact) mass is 327 g/mol. The van der Waals surface area contributed by atoms with Gasteiger partial charge in [0.1, 0.15) is 5.82 Å². The van der Waals surface area contributed by atoms with Gasteiger partial charge in [0.25, 0.3) is 0 Å². The van der Waals surface area contributed by atoms with Crippen LogP contribution in [0.15, 0.2) is 34.1 Å². The largest absolute Gasteiger partial charge is 0.306 e. The third kappa shape index (κ3) is 2.99. The third-order valence-corrected chi connectivity index (χ3v) is 4.52. The van der Waals surface area contributed by atoms with Crippen molar-refractivity contribution in [3.05, 3.63) is 55.9 Å². The summed E-state index contributed by atoms with van der Waals surface area (Å²) in [6.07, 6.45) is 0. The van der Waals surface area contributed by atoms with Gasteiger partial charge in [-0.15, -0.1) is 11.3 Å². The molecule has 4 heteroatoms. The minimum atomic E-state index is -0.182. The maximum Gasteiger partial charge on any atom is 0.123 e. The van der Waals surface area contributed by atoms with Gasteiger partial charge < -0.3 is 5.32 Å². The van der Waals surface area contributed by atoms with Crippen LogP contribution in [-0.4, -0.2) is 6.54 Å². The topological polar surface area (TPSA) is 12.0 Å². The Hall–Kier alpha value is -0.710. The van der Waals surface area contributed by atoms with Crippen molar-refractivity contribution in [3.63, 3.8) is 0 Å². The van der Waals surface area contributed by atoms with E-state index in [9.17, 15) is 4.39 Å². The lowest BCUT2D eigenvalue weighted by Gasteiger charge is -2.19. The van der Waals surface area contributed by atoms with E-state index in [1.165, 1.54) is 10.9 Å². The molecule has 1 unspecified atom stereocenters. The Bertz CT molecular complexity index is 538. The zero-order chi connectivity index (χ0) is 13.1. The van der Waals surface area contributed by atoms with Gasteiger partial charge in [-0.05, 0) is 64.8 Å². The summed E-state index contributed by atoms with van der Waals surface area (Å²) in [5.41, 5.74) is 2.11. The van der Waals surface area contributed by atoms with E-state index in [4.69, 9.17) is 0 Å². The lowest BCUT2D eigenvalue weighted by molar-refractivity contribution is 0.613. The first-order valence-electron chi connectivity index (χ1n) is 5.86. The first-order valence-corrected chi connectivity index (χ1v) is 7.47. The average Bonchev–Trinajstić information content (AvgIpc) is 2.73. The molecule has 18 heavy (non-hydrogen) atoms. The highest BCUT2D eigenvalue weighted by molar-refractivity contribution is 9.11. The van der Waals surface area contributed by atoms with Crippen LogP contribution in [0, 0.1) is 12.7 Å². The van der Waals surface area contributed by atoms with Gasteiger partial charge in [0.2, 0.25) is 0 Å². The number of halogens is 2. The molecule has 1 aromatic carbocycles. The van der Waals surface area contributed by atoms with Crippen LogP contribution in [0.4, 0.5) is 4.39 Å². The zero-order valence-electron chi connectivity index (χ0n) is 10.3. The van der Waals surface area contributed by atoms with E-state index in [1.54, 1.807) is 17.4 Å². The molecule has 0 bridgehead atoms. The van der Waals surface area contributed by atoms with Gasteiger partial charge in [0.15, 0.2) is 0 Å². The smallest absolute Gasteiger partial charge is 0.123 e. The molecule has 0 saturated carbocycles. The fraction of sp³-hybridized carbons (Fsp3) is 0.286. The molecular formula is C14H15BrFNS. The van der Waals surface area contributed by atoms with Crippen LogP contribution < -0.4 is 5.32 Å². The van der Waals surface area contributed by atoms with Crippen molar-refractivity contribution in [2.45, 2.75) is 19.9 Å². The van der Waals surface area contributed by atoms with E-state index in [0.29, 0.717) is 0 Å². The summed E-state index contributed by atoms with van der Waals surface area (Å²) in [7, 11) is 0. The molecule has 0 aliphatic rings. The minimum absolute atomic E-state index is 0.131. The normalized spacial score (nSPS) is 12.7. The number of benzene rings is 1. The van der Waals surface area contributed by atoms with Crippen molar-refractivity contribution in [2.75, 3.05) is 6.54 Å². The molecule has 1 nitrogen and oxygen atoms in total. The van der Waals surface area contributed by atoms with E-state index < -0.39 is 0 Å². The summed E-state index contributed by atoms with van der Waals surface area (Å²) in [6.45, 7) is 4.90. The molecule has 0 spiro atoms. The lowest BCUT2D eigenvalue weighted by atomic mass is 10.00. The molecule has 0 radical (unpaired) electrons. The highest BCUT2D eigenvalue weighted by atomic mass is 79.9. The fourth-order valence-corrected chi connectivity index (χ4v) is 3.53. The molecule has 96 valence electrons. The second kappa shape index (κ2) is 5.95. The van der Waals surface area contributed by atoms with E-state index in [0.717, 1.165) is 21.5 Å². The molecule has 0 saturated heterocycles. The highest BCUT2D eigenvalue weighted by Crippen LogP contribution is 2.32. The average molecular weight is 328 g/mol. The molecule has 2 aromatic rings. The maximum atomic E-state index is 13.2. The van der Waals surface area contributed by atoms with Crippen LogP contribution in [0.3, 0.4) is 0 Å². The Morgan fingerprint density at radius 2 is 2.11 bits per heavy atom. The van der Waals surface area contributed by atoms with Gasteiger partial charge in [0.05, 0.1) is 9.83 Å². The maximum absolute atomic E-state index is 13.2. The molecule has 1 heterocycles. The van der Waals surface area contributed by atoms with Crippen molar-refractivity contribution in [1.82, 2.24) is 5.32 Å². The van der Waals surface area contributed by atoms with Crippen LogP contribution in [0.1, 0.15) is 29.0 Å². The molecule has 0 aliphatic carbocycles. The summed E-state index contributed by atoms with van der Waals surface area (Å²) in [6, 6.07) is 9.25. The summed E-state index contributed by atoms with van der Waals surface area (Å²) >= 11 is 5.19. The molecule has 2 rings (SSSR count). The van der Waals surface area contributed by atoms with Crippen molar-refractivity contribution >= 4 is 27.3 Å². The Morgan fingerprint density at radius 3 is 2.67 bits per heavy atom. The summed E-state index contributed by atoms with van der Waals surface area (Å²) in [5, 5.41) is 3.46. The lowest BCUT2D eigenvalue weighted by Crippen LogP contribution is -2.21. The van der Waals surface area contributed by atoms with E-state index in [2.05, 4.69) is 34.2 Å². The fourth-order valence-electron chi connectivity index (χ4n) is 2.01. The molecule has 0 aliphatic heterocycles. The number of hydrogen-bond acceptors (Lipinski definition) is 2. The number of rotatable bonds is 4. The Labute approximate surface area is 119 Å². The summed E-state index contributed by atoms with van der Waals surface area (Å²) < 4.78 is 14.3. The first kappa shape index (κ1) is 13.7. The highest BCUT2D eigenvalue weighted by Gasteiger charge is 2.17. The predicted octanol–water partition coefficient (Wildman–Crippen LogP) is 4.66. The second-order valence-corrected chi connectivity index (χ2v) is 6.63. The van der Waals surface area contributed by atoms with Crippen molar-refractivity contribution in [1.29, 1.82) is 0 Å². The van der Waals surface area contributed by atoms with Crippen molar-refractivity contribution in [3.8, 4) is 0 Å². The number of aryl methyl sites for hydroxylation is 1. The van der Waals surface area contributed by atoms with E-state index in [1.807, 2.05) is 19.1 Å². The van der Waals surface area contributed by atoms with Gasteiger partial charge in [0, 0.05) is 4.88 Å². The van der Waals surface area contributed by atoms with Gasteiger partial charge >= 0.3 is 0 Å². The first-order chi connectivity index (χ1) is 8.61. The second-order valence-electron chi connectivity index (χ2n) is 4.13. The van der Waals surface area contributed by atoms with Crippen molar-refractivity contribution in [2.24, 2.45) is 0 Å². The van der Waals surface area contributed by atoms with Gasteiger partial charge in [-0.3, -0.25) is 0 Å². The number of hydrogen-bond donors (Lipinski definition) is 1. The van der Waals surface area contributed by atoms with Crippen LogP contribution in [0.5, 0.6) is 0 Å². The summed E-state index contributed by atoms with van der Waals surface area (Å²) in [5.74, 6) is -0.182. The van der Waals surface area contributed by atoms with E-state index in [-0.39, 0.29) is 11.9 Å². The number of nitrogens with one attached hydrogen (secondary N) is 1. The van der Waals surface area contributed by atoms with Crippen LogP contribution >= 0.6 is 27.3 Å². The SMILES string of the molecule is CCNC(c1ccc(Br)s1)c1ccc(F)cc1C. The van der Waals surface area contributed by atoms with Crippen LogP contribution in [0.2, 0.25) is 0 Å². The Balaban J connectivity index is 2.41. The Kier molecular flexibility index (Phi) is 4.54. The quantitative estimate of drug-likeness (QED) is 0.861. The predicted molar refractivity (Wildman–Crippen MR) is 78.7 cm³/mol. The third-order valence-electron chi connectivity index (χ3n) is 2.83. The molecule has 1 atom stereocenters. The minimum Gasteiger partial charge on any atom is -0.306 e. The molecule has 1 N–H and O–H groups in total. The van der Waals surface area contributed by atoms with Gasteiger partial charge in [-0.2, -0.15) is 0 Å². The van der Waals surface area contributed by atoms with Crippen LogP contribution in [0.25, 0.3) is 0 Å². The summed E-state index contributed by atoms with van der Waals surface area (Å²) in [4.78, 5) is 1.23. The van der Waals surface area contributed by atoms with Gasteiger partial charge in [-0.25, -0.2) is 4.39 Å². The van der Waals surface area contributed by atoms with Gasteiger partial charge in [-0.1, -0.05) is 13.0 Å². The Morgan fingerprint density at radius 1 is 1.33 bits per heavy atom. The molecular weight excluding hydrogens is 313 g/mol. The molecule has 0 amide bonds. The zero-order valence-corrected chi connectivity index (χ0v) is 12.7. The molecule has 0 fully saturated rings. The standard InChI is InChI=1S/C14H15BrFNS/c1-3-17-14(12-6-7-13(15)18-12)11-5-4-10(16)8-9(11)2/h4-8,14,17H,3H2,1-2H3. The number of thiophene rings is 1. The van der Waals surface area contributed by atoms with Crippen molar-refractivity contribution < 1.29 is 4.39 Å². The van der Waals surface area contributed by atoms with Crippen LogP contribution in [-0.2, 0) is 0 Å². The van der Waals surface area contributed by atoms with E-state index >= 15 is 0 Å².